The highest BCUT2D eigenvalue weighted by molar-refractivity contribution is 7.05. The smallest absolute Gasteiger partial charge is 0.117 e. The summed E-state index contributed by atoms with van der Waals surface area (Å²) in [5, 5.41) is 14.1. The average molecular weight is 246 g/mol. The summed E-state index contributed by atoms with van der Waals surface area (Å²) in [5.41, 5.74) is 2.31. The quantitative estimate of drug-likeness (QED) is 0.905. The number of aliphatic hydroxyl groups excluding tert-OH is 1. The molecule has 2 aromatic rings. The first-order valence-electron chi connectivity index (χ1n) is 5.90. The van der Waals surface area contributed by atoms with E-state index in [-0.39, 0.29) is 0 Å². The van der Waals surface area contributed by atoms with Crippen LogP contribution < -0.4 is 0 Å². The average Bonchev–Trinajstić information content (AvgIpc) is 2.80. The Morgan fingerprint density at radius 2 is 2.12 bits per heavy atom. The molecule has 1 N–H and O–H groups in total. The van der Waals surface area contributed by atoms with E-state index in [4.69, 9.17) is 0 Å². The van der Waals surface area contributed by atoms with Crippen molar-refractivity contribution in [3.63, 3.8) is 0 Å². The van der Waals surface area contributed by atoms with Crippen LogP contribution in [0.25, 0.3) is 0 Å². The Morgan fingerprint density at radius 1 is 1.29 bits per heavy atom. The molecule has 1 aromatic heterocycles. The van der Waals surface area contributed by atoms with Gasteiger partial charge in [0.25, 0.3) is 0 Å². The predicted molar refractivity (Wildman–Crippen MR) is 67.0 cm³/mol. The summed E-state index contributed by atoms with van der Waals surface area (Å²) < 4.78 is 3.81. The van der Waals surface area contributed by atoms with E-state index in [1.165, 1.54) is 36.4 Å². The third-order valence-electron chi connectivity index (χ3n) is 3.48. The van der Waals surface area contributed by atoms with E-state index in [9.17, 15) is 5.11 Å². The third-order valence-corrected chi connectivity index (χ3v) is 4.20. The Balaban J connectivity index is 1.96. The molecule has 1 aliphatic rings. The van der Waals surface area contributed by atoms with Gasteiger partial charge in [-0.05, 0) is 41.4 Å². The van der Waals surface area contributed by atoms with Crippen LogP contribution in [-0.4, -0.2) is 14.7 Å². The molecule has 0 bridgehead atoms. The second-order valence-corrected chi connectivity index (χ2v) is 5.30. The fourth-order valence-corrected chi connectivity index (χ4v) is 2.81. The number of hydrogen-bond donors (Lipinski definition) is 1. The maximum Gasteiger partial charge on any atom is 0.117 e. The fraction of sp³-hybridized carbons (Fsp3) is 0.385. The van der Waals surface area contributed by atoms with Gasteiger partial charge in [0.2, 0.25) is 0 Å². The molecule has 17 heavy (non-hydrogen) atoms. The highest BCUT2D eigenvalue weighted by atomic mass is 32.1. The molecule has 3 rings (SSSR count). The molecule has 1 atom stereocenters. The van der Waals surface area contributed by atoms with Crippen molar-refractivity contribution >= 4 is 11.5 Å². The molecule has 1 aliphatic carbocycles. The molecule has 1 heterocycles. The minimum absolute atomic E-state index is 0.577. The van der Waals surface area contributed by atoms with Crippen LogP contribution >= 0.6 is 11.5 Å². The first-order valence-corrected chi connectivity index (χ1v) is 6.68. The zero-order valence-electron chi connectivity index (χ0n) is 9.41. The van der Waals surface area contributed by atoms with Gasteiger partial charge >= 0.3 is 0 Å². The Labute approximate surface area is 104 Å². The van der Waals surface area contributed by atoms with E-state index in [0.717, 1.165) is 10.4 Å². The first kappa shape index (κ1) is 10.9. The van der Waals surface area contributed by atoms with Crippen LogP contribution in [0.15, 0.2) is 30.5 Å². The zero-order valence-corrected chi connectivity index (χ0v) is 10.2. The SMILES string of the molecule is OC(c1cnns1)c1ccccc1C1CCC1. The number of hydrogen-bond acceptors (Lipinski definition) is 4. The minimum Gasteiger partial charge on any atom is -0.383 e. The standard InChI is InChI=1S/C13H14N2OS/c16-13(12-8-14-15-17-12)11-7-2-1-6-10(11)9-4-3-5-9/h1-2,6-9,13,16H,3-5H2. The lowest BCUT2D eigenvalue weighted by molar-refractivity contribution is 0.220. The molecule has 0 saturated heterocycles. The van der Waals surface area contributed by atoms with Crippen LogP contribution in [0.4, 0.5) is 0 Å². The molecule has 1 unspecified atom stereocenters. The molecule has 3 nitrogen and oxygen atoms in total. The number of benzene rings is 1. The largest absolute Gasteiger partial charge is 0.383 e. The molecule has 0 aliphatic heterocycles. The van der Waals surface area contributed by atoms with E-state index in [2.05, 4.69) is 21.7 Å². The normalized spacial score (nSPS) is 17.7. The molecular formula is C13H14N2OS. The van der Waals surface area contributed by atoms with Gasteiger partial charge in [0.1, 0.15) is 6.10 Å². The van der Waals surface area contributed by atoms with Gasteiger partial charge in [-0.15, -0.1) is 5.10 Å². The van der Waals surface area contributed by atoms with Crippen molar-refractivity contribution in [2.24, 2.45) is 0 Å². The topological polar surface area (TPSA) is 46.0 Å². The molecule has 1 saturated carbocycles. The Bertz CT molecular complexity index is 494. The van der Waals surface area contributed by atoms with Gasteiger partial charge < -0.3 is 5.11 Å². The van der Waals surface area contributed by atoms with E-state index in [1.54, 1.807) is 6.20 Å². The summed E-state index contributed by atoms with van der Waals surface area (Å²) in [6.45, 7) is 0. The summed E-state index contributed by atoms with van der Waals surface area (Å²) in [4.78, 5) is 0.816. The summed E-state index contributed by atoms with van der Waals surface area (Å²) in [7, 11) is 0. The Hall–Kier alpha value is -1.26. The molecular weight excluding hydrogens is 232 g/mol. The van der Waals surface area contributed by atoms with Crippen LogP contribution in [0.3, 0.4) is 0 Å². The van der Waals surface area contributed by atoms with Gasteiger partial charge in [-0.3, -0.25) is 0 Å². The summed E-state index contributed by atoms with van der Waals surface area (Å²) in [6.07, 6.45) is 4.85. The molecule has 0 radical (unpaired) electrons. The van der Waals surface area contributed by atoms with Gasteiger partial charge in [-0.2, -0.15) is 0 Å². The van der Waals surface area contributed by atoms with Crippen molar-refractivity contribution in [3.05, 3.63) is 46.5 Å². The van der Waals surface area contributed by atoms with E-state index >= 15 is 0 Å². The minimum atomic E-state index is -0.577. The monoisotopic (exact) mass is 246 g/mol. The molecule has 1 aromatic carbocycles. The van der Waals surface area contributed by atoms with Gasteiger partial charge in [0.05, 0.1) is 11.1 Å². The van der Waals surface area contributed by atoms with Gasteiger partial charge in [0.15, 0.2) is 0 Å². The second kappa shape index (κ2) is 4.55. The zero-order chi connectivity index (χ0) is 11.7. The van der Waals surface area contributed by atoms with Crippen LogP contribution in [0.1, 0.15) is 47.3 Å². The van der Waals surface area contributed by atoms with Crippen LogP contribution in [0.2, 0.25) is 0 Å². The lowest BCUT2D eigenvalue weighted by atomic mass is 9.77. The number of nitrogens with zero attached hydrogens (tertiary/aromatic N) is 2. The van der Waals surface area contributed by atoms with E-state index in [0.29, 0.717) is 5.92 Å². The van der Waals surface area contributed by atoms with Crippen molar-refractivity contribution in [2.45, 2.75) is 31.3 Å². The van der Waals surface area contributed by atoms with Crippen molar-refractivity contribution < 1.29 is 5.11 Å². The number of aromatic nitrogens is 2. The van der Waals surface area contributed by atoms with Crippen molar-refractivity contribution in [2.75, 3.05) is 0 Å². The fourth-order valence-electron chi connectivity index (χ4n) is 2.30. The Morgan fingerprint density at radius 3 is 2.76 bits per heavy atom. The predicted octanol–water partition coefficient (Wildman–Crippen LogP) is 2.89. The van der Waals surface area contributed by atoms with Crippen LogP contribution in [0, 0.1) is 0 Å². The third kappa shape index (κ3) is 1.98. The second-order valence-electron chi connectivity index (χ2n) is 4.48. The van der Waals surface area contributed by atoms with Gasteiger partial charge in [0, 0.05) is 0 Å². The molecule has 88 valence electrons. The Kier molecular flexibility index (Phi) is 2.91. The van der Waals surface area contributed by atoms with Gasteiger partial charge in [-0.1, -0.05) is 35.2 Å². The molecule has 1 fully saturated rings. The lowest BCUT2D eigenvalue weighted by Crippen LogP contribution is -2.13. The van der Waals surface area contributed by atoms with E-state index < -0.39 is 6.10 Å². The number of rotatable bonds is 3. The molecule has 0 spiro atoms. The summed E-state index contributed by atoms with van der Waals surface area (Å²) in [5.74, 6) is 0.627. The van der Waals surface area contributed by atoms with Crippen LogP contribution in [-0.2, 0) is 0 Å². The van der Waals surface area contributed by atoms with Crippen molar-refractivity contribution in [3.8, 4) is 0 Å². The van der Waals surface area contributed by atoms with Gasteiger partial charge in [-0.25, -0.2) is 0 Å². The molecule has 4 heteroatoms. The summed E-state index contributed by atoms with van der Waals surface area (Å²) in [6, 6.07) is 8.18. The summed E-state index contributed by atoms with van der Waals surface area (Å²) >= 11 is 1.26. The number of aliphatic hydroxyl groups is 1. The van der Waals surface area contributed by atoms with Crippen molar-refractivity contribution in [1.82, 2.24) is 9.59 Å². The highest BCUT2D eigenvalue weighted by Gasteiger charge is 2.25. The molecule has 0 amide bonds. The lowest BCUT2D eigenvalue weighted by Gasteiger charge is -2.28. The van der Waals surface area contributed by atoms with E-state index in [1.807, 2.05) is 12.1 Å². The maximum absolute atomic E-state index is 10.4. The van der Waals surface area contributed by atoms with Crippen molar-refractivity contribution in [1.29, 1.82) is 0 Å². The highest BCUT2D eigenvalue weighted by Crippen LogP contribution is 2.40. The first-order chi connectivity index (χ1) is 8.36. The maximum atomic E-state index is 10.4. The van der Waals surface area contributed by atoms with Crippen LogP contribution in [0.5, 0.6) is 0 Å².